The maximum absolute atomic E-state index is 5.30. The molecule has 0 saturated carbocycles. The number of aromatic nitrogens is 4. The summed E-state index contributed by atoms with van der Waals surface area (Å²) >= 11 is 0. The Labute approximate surface area is 99.0 Å². The Kier molecular flexibility index (Phi) is 3.20. The van der Waals surface area contributed by atoms with Gasteiger partial charge in [-0.25, -0.2) is 10.8 Å². The highest BCUT2D eigenvalue weighted by atomic mass is 15.3. The molecule has 1 atom stereocenters. The van der Waals surface area contributed by atoms with E-state index in [1.165, 1.54) is 0 Å². The van der Waals surface area contributed by atoms with E-state index in [0.29, 0.717) is 5.82 Å². The normalized spacial score (nSPS) is 12.2. The fraction of sp³-hybridized carbons (Fsp3) is 0.300. The minimum Gasteiger partial charge on any atom is -0.360 e. The van der Waals surface area contributed by atoms with E-state index in [2.05, 4.69) is 25.9 Å². The Morgan fingerprint density at radius 1 is 1.35 bits per heavy atom. The van der Waals surface area contributed by atoms with E-state index < -0.39 is 0 Å². The number of nitrogen functional groups attached to an aromatic ring is 1. The number of aryl methyl sites for hydroxylation is 1. The number of hydrogen-bond acceptors (Lipinski definition) is 6. The van der Waals surface area contributed by atoms with Gasteiger partial charge in [-0.15, -0.1) is 10.2 Å². The Morgan fingerprint density at radius 2 is 2.12 bits per heavy atom. The molecule has 0 amide bonds. The lowest BCUT2D eigenvalue weighted by Crippen LogP contribution is -2.14. The molecule has 7 heteroatoms. The molecule has 0 aromatic carbocycles. The van der Waals surface area contributed by atoms with Gasteiger partial charge in [0.25, 0.3) is 0 Å². The summed E-state index contributed by atoms with van der Waals surface area (Å²) < 4.78 is 1.86. The molecule has 0 aliphatic rings. The van der Waals surface area contributed by atoms with Crippen LogP contribution in [0.1, 0.15) is 18.8 Å². The first kappa shape index (κ1) is 11.3. The summed E-state index contributed by atoms with van der Waals surface area (Å²) in [5.41, 5.74) is 2.50. The third kappa shape index (κ3) is 2.51. The second-order valence-corrected chi connectivity index (χ2v) is 3.72. The molecule has 90 valence electrons. The molecule has 17 heavy (non-hydrogen) atoms. The van der Waals surface area contributed by atoms with Crippen molar-refractivity contribution in [1.82, 2.24) is 19.7 Å². The van der Waals surface area contributed by atoms with Crippen LogP contribution in [0.15, 0.2) is 24.5 Å². The van der Waals surface area contributed by atoms with Gasteiger partial charge in [-0.1, -0.05) is 6.07 Å². The van der Waals surface area contributed by atoms with E-state index in [1.807, 2.05) is 30.7 Å². The highest BCUT2D eigenvalue weighted by molar-refractivity contribution is 5.45. The smallest absolute Gasteiger partial charge is 0.154 e. The van der Waals surface area contributed by atoms with Crippen LogP contribution in [0.3, 0.4) is 0 Å². The molecule has 0 bridgehead atoms. The number of nitrogens with zero attached hydrogens (tertiary/aromatic N) is 4. The highest BCUT2D eigenvalue weighted by Gasteiger charge is 2.11. The molecule has 0 fully saturated rings. The molecule has 0 aliphatic carbocycles. The molecule has 2 aromatic heterocycles. The van der Waals surface area contributed by atoms with Crippen LogP contribution in [0.5, 0.6) is 0 Å². The maximum atomic E-state index is 5.30. The molecule has 0 saturated heterocycles. The molecular formula is C10H15N7. The molecule has 2 rings (SSSR count). The van der Waals surface area contributed by atoms with Gasteiger partial charge >= 0.3 is 0 Å². The van der Waals surface area contributed by atoms with Crippen molar-refractivity contribution in [3.63, 3.8) is 0 Å². The van der Waals surface area contributed by atoms with Crippen LogP contribution in [-0.2, 0) is 7.05 Å². The van der Waals surface area contributed by atoms with Crippen molar-refractivity contribution in [2.45, 2.75) is 13.0 Å². The summed E-state index contributed by atoms with van der Waals surface area (Å²) in [5, 5.41) is 11.1. The number of hydrazine groups is 1. The first-order valence-corrected chi connectivity index (χ1v) is 5.25. The van der Waals surface area contributed by atoms with Crippen molar-refractivity contribution in [3.8, 4) is 0 Å². The minimum atomic E-state index is 0.0167. The van der Waals surface area contributed by atoms with Gasteiger partial charge in [-0.05, 0) is 19.1 Å². The van der Waals surface area contributed by atoms with Crippen molar-refractivity contribution >= 4 is 11.6 Å². The zero-order chi connectivity index (χ0) is 12.3. The lowest BCUT2D eigenvalue weighted by molar-refractivity contribution is 0.716. The summed E-state index contributed by atoms with van der Waals surface area (Å²) in [5.74, 6) is 7.49. The first-order valence-electron chi connectivity index (χ1n) is 5.25. The van der Waals surface area contributed by atoms with Gasteiger partial charge in [0.1, 0.15) is 18.0 Å². The molecule has 7 nitrogen and oxygen atoms in total. The number of rotatable bonds is 4. The summed E-state index contributed by atoms with van der Waals surface area (Å²) in [6.07, 6.45) is 1.67. The van der Waals surface area contributed by atoms with Gasteiger partial charge in [-0.3, -0.25) is 0 Å². The lowest BCUT2D eigenvalue weighted by atomic mass is 10.3. The van der Waals surface area contributed by atoms with Crippen LogP contribution in [0.25, 0.3) is 0 Å². The second-order valence-electron chi connectivity index (χ2n) is 3.72. The van der Waals surface area contributed by atoms with E-state index in [0.717, 1.165) is 11.6 Å². The third-order valence-electron chi connectivity index (χ3n) is 2.40. The van der Waals surface area contributed by atoms with E-state index in [-0.39, 0.29) is 6.04 Å². The summed E-state index contributed by atoms with van der Waals surface area (Å²) in [6, 6.07) is 5.54. The molecule has 0 spiro atoms. The van der Waals surface area contributed by atoms with Crippen LogP contribution >= 0.6 is 0 Å². The molecule has 2 aromatic rings. The molecule has 2 heterocycles. The van der Waals surface area contributed by atoms with Gasteiger partial charge in [0.05, 0.1) is 6.04 Å². The number of hydrogen-bond donors (Lipinski definition) is 3. The SMILES string of the molecule is CC(Nc1cccc(NN)n1)c1nncn1C. The molecule has 0 aliphatic heterocycles. The Morgan fingerprint density at radius 3 is 2.76 bits per heavy atom. The summed E-state index contributed by atoms with van der Waals surface area (Å²) in [7, 11) is 1.90. The van der Waals surface area contributed by atoms with Gasteiger partial charge in [-0.2, -0.15) is 0 Å². The molecular weight excluding hydrogens is 218 g/mol. The average molecular weight is 233 g/mol. The van der Waals surface area contributed by atoms with Gasteiger partial charge in [0, 0.05) is 7.05 Å². The number of anilines is 2. The van der Waals surface area contributed by atoms with Gasteiger partial charge in [0.2, 0.25) is 0 Å². The topological polar surface area (TPSA) is 93.7 Å². The van der Waals surface area contributed by atoms with Crippen LogP contribution in [0, 0.1) is 0 Å². The monoisotopic (exact) mass is 233 g/mol. The number of nitrogens with two attached hydrogens (primary N) is 1. The highest BCUT2D eigenvalue weighted by Crippen LogP contribution is 2.16. The Balaban J connectivity index is 2.13. The number of nitrogens with one attached hydrogen (secondary N) is 2. The third-order valence-corrected chi connectivity index (χ3v) is 2.40. The standard InChI is InChI=1S/C10H15N7/c1-7(10-16-12-6-17(10)2)13-8-4-3-5-9(14-8)15-11/h3-7H,11H2,1-2H3,(H2,13,14,15). The van der Waals surface area contributed by atoms with E-state index in [1.54, 1.807) is 12.4 Å². The Hall–Kier alpha value is -2.15. The largest absolute Gasteiger partial charge is 0.360 e. The maximum Gasteiger partial charge on any atom is 0.154 e. The molecule has 1 unspecified atom stereocenters. The van der Waals surface area contributed by atoms with E-state index in [9.17, 15) is 0 Å². The zero-order valence-electron chi connectivity index (χ0n) is 9.75. The van der Waals surface area contributed by atoms with Crippen LogP contribution in [-0.4, -0.2) is 19.7 Å². The minimum absolute atomic E-state index is 0.0167. The number of pyridine rings is 1. The quantitative estimate of drug-likeness (QED) is 0.531. The molecule has 4 N–H and O–H groups in total. The van der Waals surface area contributed by atoms with Crippen LogP contribution in [0.2, 0.25) is 0 Å². The predicted octanol–water partition coefficient (Wildman–Crippen LogP) is 0.669. The second kappa shape index (κ2) is 4.79. The zero-order valence-corrected chi connectivity index (χ0v) is 9.75. The van der Waals surface area contributed by atoms with Gasteiger partial charge in [0.15, 0.2) is 5.82 Å². The summed E-state index contributed by atoms with van der Waals surface area (Å²) in [4.78, 5) is 4.27. The Bertz CT molecular complexity index is 493. The van der Waals surface area contributed by atoms with Crippen molar-refractivity contribution < 1.29 is 0 Å². The average Bonchev–Trinajstić information content (AvgIpc) is 2.76. The lowest BCUT2D eigenvalue weighted by Gasteiger charge is -2.13. The van der Waals surface area contributed by atoms with E-state index in [4.69, 9.17) is 5.84 Å². The van der Waals surface area contributed by atoms with Crippen molar-refractivity contribution in [2.75, 3.05) is 10.7 Å². The van der Waals surface area contributed by atoms with Gasteiger partial charge < -0.3 is 15.3 Å². The first-order chi connectivity index (χ1) is 8.20. The van der Waals surface area contributed by atoms with E-state index >= 15 is 0 Å². The fourth-order valence-electron chi connectivity index (χ4n) is 1.57. The van der Waals surface area contributed by atoms with Crippen molar-refractivity contribution in [3.05, 3.63) is 30.4 Å². The summed E-state index contributed by atoms with van der Waals surface area (Å²) in [6.45, 7) is 1.99. The van der Waals surface area contributed by atoms with Crippen molar-refractivity contribution in [2.24, 2.45) is 12.9 Å². The van der Waals surface area contributed by atoms with Crippen LogP contribution in [0.4, 0.5) is 11.6 Å². The fourth-order valence-corrected chi connectivity index (χ4v) is 1.57. The van der Waals surface area contributed by atoms with Crippen molar-refractivity contribution in [1.29, 1.82) is 0 Å². The van der Waals surface area contributed by atoms with Crippen LogP contribution < -0.4 is 16.6 Å². The predicted molar refractivity (Wildman–Crippen MR) is 65.1 cm³/mol. The molecule has 0 radical (unpaired) electrons.